The van der Waals surface area contributed by atoms with Crippen molar-refractivity contribution in [3.05, 3.63) is 35.5 Å². The van der Waals surface area contributed by atoms with Crippen molar-refractivity contribution in [2.24, 2.45) is 28.9 Å². The molecule has 0 amide bonds. The summed E-state index contributed by atoms with van der Waals surface area (Å²) in [5.41, 5.74) is 9.22. The Labute approximate surface area is 208 Å². The fourth-order valence-electron chi connectivity index (χ4n) is 7.05. The summed E-state index contributed by atoms with van der Waals surface area (Å²) in [5, 5.41) is 20.4. The normalized spacial score (nSPS) is 34.4. The molecule has 1 unspecified atom stereocenters. The molecule has 0 saturated heterocycles. The van der Waals surface area contributed by atoms with Crippen molar-refractivity contribution in [3.8, 4) is 0 Å². The Morgan fingerprint density at radius 1 is 1.21 bits per heavy atom. The van der Waals surface area contributed by atoms with Crippen molar-refractivity contribution in [2.45, 2.75) is 116 Å². The molecule has 0 radical (unpaired) electrons. The Balaban J connectivity index is 1.66. The third-order valence-electron chi connectivity index (χ3n) is 9.31. The lowest BCUT2D eigenvalue weighted by atomic mass is 9.60. The average Bonchev–Trinajstić information content (AvgIpc) is 3.14. The highest BCUT2D eigenvalue weighted by atomic mass is 16.5. The quantitative estimate of drug-likeness (QED) is 0.336. The van der Waals surface area contributed by atoms with Gasteiger partial charge in [0.05, 0.1) is 17.8 Å². The zero-order chi connectivity index (χ0) is 24.9. The fraction of sp³-hybridized carbons (Fsp3) is 0.800. The third-order valence-corrected chi connectivity index (χ3v) is 9.31. The molecule has 3 aliphatic carbocycles. The highest BCUT2D eigenvalue weighted by Crippen LogP contribution is 2.60. The SMILES string of the molecule is C=C1CC[C@H](OCCCN)C/C1=C/C=C1\CCC[C@@]2(C)[C@@H](C(C)CC[C@@H](O)C(C)(C)O)CC[C@@H]12. The first-order valence-electron chi connectivity index (χ1n) is 13.9. The van der Waals surface area contributed by atoms with Crippen LogP contribution >= 0.6 is 0 Å². The Bertz CT molecular complexity index is 749. The third kappa shape index (κ3) is 6.63. The number of nitrogens with two attached hydrogens (primary N) is 1. The van der Waals surface area contributed by atoms with Crippen LogP contribution in [0.5, 0.6) is 0 Å². The number of hydrogen-bond donors (Lipinski definition) is 3. The van der Waals surface area contributed by atoms with Gasteiger partial charge in [-0.3, -0.25) is 0 Å². The Kier molecular flexibility index (Phi) is 9.65. The van der Waals surface area contributed by atoms with Crippen molar-refractivity contribution in [2.75, 3.05) is 13.2 Å². The van der Waals surface area contributed by atoms with Crippen molar-refractivity contribution >= 4 is 0 Å². The van der Waals surface area contributed by atoms with Crippen molar-refractivity contribution in [3.63, 3.8) is 0 Å². The van der Waals surface area contributed by atoms with Crippen LogP contribution in [-0.4, -0.2) is 41.2 Å². The second-order valence-electron chi connectivity index (χ2n) is 12.2. The van der Waals surface area contributed by atoms with Crippen molar-refractivity contribution in [1.29, 1.82) is 0 Å². The van der Waals surface area contributed by atoms with Gasteiger partial charge < -0.3 is 20.7 Å². The van der Waals surface area contributed by atoms with Crippen molar-refractivity contribution in [1.82, 2.24) is 0 Å². The maximum absolute atomic E-state index is 10.3. The standard InChI is InChI=1S/C30H51NO3/c1-21-9-13-25(34-19-7-18-31)20-24(21)12-11-23-8-6-17-30(5)26(14-15-27(23)30)22(2)10-16-28(32)29(3,4)33/h11-12,22,25-28,32-33H,1,6-10,13-20,31H2,2-5H3/b23-11+,24-12-/t22?,25-,26+,27-,28+,30-/m0/s1. The lowest BCUT2D eigenvalue weighted by molar-refractivity contribution is -0.0554. The number of rotatable bonds is 10. The lowest BCUT2D eigenvalue weighted by Crippen LogP contribution is -2.38. The highest BCUT2D eigenvalue weighted by molar-refractivity contribution is 5.36. The Morgan fingerprint density at radius 3 is 2.68 bits per heavy atom. The van der Waals surface area contributed by atoms with E-state index < -0.39 is 11.7 Å². The van der Waals surface area contributed by atoms with Crippen LogP contribution in [-0.2, 0) is 4.74 Å². The van der Waals surface area contributed by atoms with E-state index in [9.17, 15) is 10.2 Å². The van der Waals surface area contributed by atoms with Gasteiger partial charge in [0, 0.05) is 6.61 Å². The summed E-state index contributed by atoms with van der Waals surface area (Å²) in [6.45, 7) is 14.1. The topological polar surface area (TPSA) is 75.7 Å². The van der Waals surface area contributed by atoms with E-state index in [1.165, 1.54) is 43.3 Å². The molecule has 4 nitrogen and oxygen atoms in total. The molecular formula is C30H51NO3. The van der Waals surface area contributed by atoms with Gasteiger partial charge in [0.2, 0.25) is 0 Å². The monoisotopic (exact) mass is 473 g/mol. The number of aliphatic hydroxyl groups is 2. The number of hydrogen-bond acceptors (Lipinski definition) is 4. The summed E-state index contributed by atoms with van der Waals surface area (Å²) in [4.78, 5) is 0. The number of ether oxygens (including phenoxy) is 1. The zero-order valence-corrected chi connectivity index (χ0v) is 22.3. The van der Waals surface area contributed by atoms with E-state index in [1.54, 1.807) is 19.4 Å². The van der Waals surface area contributed by atoms with E-state index >= 15 is 0 Å². The molecule has 0 bridgehead atoms. The molecule has 3 rings (SSSR count). The summed E-state index contributed by atoms with van der Waals surface area (Å²) in [5.74, 6) is 1.92. The van der Waals surface area contributed by atoms with Crippen LogP contribution in [0.2, 0.25) is 0 Å². The molecule has 0 aromatic heterocycles. The minimum atomic E-state index is -1.02. The summed E-state index contributed by atoms with van der Waals surface area (Å²) in [7, 11) is 0. The van der Waals surface area contributed by atoms with Crippen LogP contribution < -0.4 is 5.73 Å². The molecule has 0 heterocycles. The predicted octanol–water partition coefficient (Wildman–Crippen LogP) is 6.08. The summed E-state index contributed by atoms with van der Waals surface area (Å²) in [6.07, 6.45) is 16.4. The molecule has 0 aromatic rings. The summed E-state index contributed by atoms with van der Waals surface area (Å²) in [6, 6.07) is 0. The first-order chi connectivity index (χ1) is 16.1. The molecule has 4 heteroatoms. The molecular weight excluding hydrogens is 422 g/mol. The highest BCUT2D eigenvalue weighted by Gasteiger charge is 2.50. The van der Waals surface area contributed by atoms with Gasteiger partial charge in [-0.05, 0) is 120 Å². The summed E-state index contributed by atoms with van der Waals surface area (Å²) >= 11 is 0. The van der Waals surface area contributed by atoms with E-state index in [0.29, 0.717) is 42.2 Å². The molecule has 0 spiro atoms. The molecule has 3 aliphatic rings. The predicted molar refractivity (Wildman–Crippen MR) is 141 cm³/mol. The first kappa shape index (κ1) is 27.6. The van der Waals surface area contributed by atoms with Crippen LogP contribution in [0.1, 0.15) is 98.3 Å². The van der Waals surface area contributed by atoms with Crippen LogP contribution in [0, 0.1) is 23.2 Å². The van der Waals surface area contributed by atoms with Crippen LogP contribution in [0.3, 0.4) is 0 Å². The Morgan fingerprint density at radius 2 is 1.97 bits per heavy atom. The molecule has 0 aromatic carbocycles. The van der Waals surface area contributed by atoms with Gasteiger partial charge in [0.15, 0.2) is 0 Å². The molecule has 4 N–H and O–H groups in total. The van der Waals surface area contributed by atoms with Gasteiger partial charge in [-0.1, -0.05) is 43.7 Å². The molecule has 194 valence electrons. The number of aliphatic hydroxyl groups excluding tert-OH is 1. The minimum absolute atomic E-state index is 0.300. The lowest BCUT2D eigenvalue weighted by Gasteiger charge is -2.44. The maximum atomic E-state index is 10.3. The maximum Gasteiger partial charge on any atom is 0.0849 e. The van der Waals surface area contributed by atoms with Gasteiger partial charge >= 0.3 is 0 Å². The molecule has 6 atom stereocenters. The molecule has 3 fully saturated rings. The average molecular weight is 474 g/mol. The second-order valence-corrected chi connectivity index (χ2v) is 12.2. The molecule has 0 aliphatic heterocycles. The van der Waals surface area contributed by atoms with Crippen LogP contribution in [0.4, 0.5) is 0 Å². The smallest absolute Gasteiger partial charge is 0.0849 e. The second kappa shape index (κ2) is 11.9. The number of allylic oxidation sites excluding steroid dienone is 4. The van der Waals surface area contributed by atoms with E-state index in [0.717, 1.165) is 38.7 Å². The molecule has 3 saturated carbocycles. The zero-order valence-electron chi connectivity index (χ0n) is 22.3. The van der Waals surface area contributed by atoms with Gasteiger partial charge in [0.25, 0.3) is 0 Å². The van der Waals surface area contributed by atoms with E-state index in [2.05, 4.69) is 32.6 Å². The minimum Gasteiger partial charge on any atom is -0.390 e. The van der Waals surface area contributed by atoms with Gasteiger partial charge in [0.1, 0.15) is 0 Å². The van der Waals surface area contributed by atoms with E-state index in [1.807, 2.05) is 0 Å². The largest absolute Gasteiger partial charge is 0.390 e. The number of fused-ring (bicyclic) bond motifs is 1. The van der Waals surface area contributed by atoms with Gasteiger partial charge in [-0.25, -0.2) is 0 Å². The van der Waals surface area contributed by atoms with Gasteiger partial charge in [-0.15, -0.1) is 0 Å². The first-order valence-corrected chi connectivity index (χ1v) is 13.9. The van der Waals surface area contributed by atoms with Gasteiger partial charge in [-0.2, -0.15) is 0 Å². The van der Waals surface area contributed by atoms with E-state index in [-0.39, 0.29) is 0 Å². The Hall–Kier alpha value is -0.940. The summed E-state index contributed by atoms with van der Waals surface area (Å²) < 4.78 is 6.06. The fourth-order valence-corrected chi connectivity index (χ4v) is 7.05. The van der Waals surface area contributed by atoms with E-state index in [4.69, 9.17) is 10.5 Å². The van der Waals surface area contributed by atoms with Crippen molar-refractivity contribution < 1.29 is 14.9 Å². The van der Waals surface area contributed by atoms with Crippen LogP contribution in [0.25, 0.3) is 0 Å². The van der Waals surface area contributed by atoms with Crippen LogP contribution in [0.15, 0.2) is 35.5 Å². The molecule has 34 heavy (non-hydrogen) atoms.